The summed E-state index contributed by atoms with van der Waals surface area (Å²) in [4.78, 5) is 16.5. The fourth-order valence-corrected chi connectivity index (χ4v) is 3.12. The molecule has 1 atom stereocenters. The molecule has 1 aliphatic rings. The molecule has 1 aliphatic carbocycles. The van der Waals surface area contributed by atoms with Gasteiger partial charge in [0.05, 0.1) is 12.1 Å². The largest absolute Gasteiger partial charge is 0.459 e. The van der Waals surface area contributed by atoms with Crippen LogP contribution in [-0.4, -0.2) is 23.5 Å². The molecular formula is C15H21Cl2N3O2S. The van der Waals surface area contributed by atoms with Crippen molar-refractivity contribution in [1.29, 1.82) is 0 Å². The van der Waals surface area contributed by atoms with Crippen LogP contribution in [0.4, 0.5) is 0 Å². The van der Waals surface area contributed by atoms with E-state index >= 15 is 0 Å². The van der Waals surface area contributed by atoms with Crippen LogP contribution in [0.25, 0.3) is 10.8 Å². The third kappa shape index (κ3) is 5.21. The lowest BCUT2D eigenvalue weighted by atomic mass is 10.2. The summed E-state index contributed by atoms with van der Waals surface area (Å²) in [5.74, 6) is 2.16. The zero-order chi connectivity index (χ0) is 14.8. The van der Waals surface area contributed by atoms with Crippen LogP contribution in [0, 0.1) is 12.8 Å². The summed E-state index contributed by atoms with van der Waals surface area (Å²) in [6.45, 7) is 2.40. The predicted molar refractivity (Wildman–Crippen MR) is 96.5 cm³/mol. The number of carbonyl (C=O) groups is 1. The first-order valence-electron chi connectivity index (χ1n) is 7.16. The molecule has 3 rings (SSSR count). The van der Waals surface area contributed by atoms with Crippen LogP contribution in [0.3, 0.4) is 0 Å². The second-order valence-electron chi connectivity index (χ2n) is 5.48. The number of aryl methyl sites for hydroxylation is 1. The van der Waals surface area contributed by atoms with Gasteiger partial charge in [0.1, 0.15) is 5.76 Å². The first-order valence-corrected chi connectivity index (χ1v) is 8.04. The van der Waals surface area contributed by atoms with Crippen LogP contribution < -0.4 is 11.1 Å². The Kier molecular flexibility index (Phi) is 7.54. The first-order chi connectivity index (χ1) is 10.2. The molecular weight excluding hydrogens is 357 g/mol. The molecule has 0 bridgehead atoms. The molecule has 1 unspecified atom stereocenters. The molecule has 0 aliphatic heterocycles. The normalized spacial score (nSPS) is 14.5. The molecule has 0 spiro atoms. The first kappa shape index (κ1) is 20.0. The molecule has 5 nitrogen and oxygen atoms in total. The van der Waals surface area contributed by atoms with E-state index in [1.54, 1.807) is 0 Å². The van der Waals surface area contributed by atoms with Gasteiger partial charge in [0.15, 0.2) is 10.8 Å². The summed E-state index contributed by atoms with van der Waals surface area (Å²) >= 11 is 1.49. The van der Waals surface area contributed by atoms with E-state index in [1.165, 1.54) is 24.2 Å². The second-order valence-corrected chi connectivity index (χ2v) is 6.34. The second kappa shape index (κ2) is 8.68. The van der Waals surface area contributed by atoms with Gasteiger partial charge < -0.3 is 15.5 Å². The number of hydrogen-bond acceptors (Lipinski definition) is 5. The Bertz CT molecular complexity index is 640. The van der Waals surface area contributed by atoms with E-state index in [0.717, 1.165) is 22.2 Å². The molecule has 1 amide bonds. The fourth-order valence-electron chi connectivity index (χ4n) is 2.34. The van der Waals surface area contributed by atoms with Crippen LogP contribution in [0.1, 0.15) is 24.3 Å². The predicted octanol–water partition coefficient (Wildman–Crippen LogP) is 2.95. The van der Waals surface area contributed by atoms with Crippen molar-refractivity contribution < 1.29 is 9.21 Å². The molecule has 23 heavy (non-hydrogen) atoms. The molecule has 3 N–H and O–H groups in total. The zero-order valence-corrected chi connectivity index (χ0v) is 15.2. The fraction of sp³-hybridized carbons (Fsp3) is 0.467. The van der Waals surface area contributed by atoms with Crippen molar-refractivity contribution in [2.75, 3.05) is 6.54 Å². The zero-order valence-electron chi connectivity index (χ0n) is 12.8. The van der Waals surface area contributed by atoms with Crippen molar-refractivity contribution in [3.63, 3.8) is 0 Å². The number of furan rings is 1. The summed E-state index contributed by atoms with van der Waals surface area (Å²) in [5, 5.41) is 5.72. The van der Waals surface area contributed by atoms with Gasteiger partial charge >= 0.3 is 0 Å². The topological polar surface area (TPSA) is 81.2 Å². The third-order valence-electron chi connectivity index (χ3n) is 3.64. The highest BCUT2D eigenvalue weighted by Gasteiger charge is 2.31. The third-order valence-corrected chi connectivity index (χ3v) is 4.54. The van der Waals surface area contributed by atoms with E-state index in [9.17, 15) is 4.79 Å². The maximum atomic E-state index is 12.0. The molecule has 0 aromatic carbocycles. The van der Waals surface area contributed by atoms with Crippen molar-refractivity contribution >= 4 is 42.1 Å². The molecule has 0 saturated heterocycles. The molecule has 1 fully saturated rings. The lowest BCUT2D eigenvalue weighted by Crippen LogP contribution is -2.42. The molecule has 128 valence electrons. The average Bonchev–Trinajstić information content (AvgIpc) is 3.05. The van der Waals surface area contributed by atoms with Crippen molar-refractivity contribution in [2.24, 2.45) is 11.7 Å². The number of thiazole rings is 1. The minimum atomic E-state index is -0.00942. The maximum Gasteiger partial charge on any atom is 0.226 e. The number of nitrogens with two attached hydrogens (primary N) is 1. The van der Waals surface area contributed by atoms with Gasteiger partial charge in [-0.25, -0.2) is 4.98 Å². The minimum absolute atomic E-state index is 0. The summed E-state index contributed by atoms with van der Waals surface area (Å²) in [6.07, 6.45) is 2.63. The number of aromatic nitrogens is 1. The summed E-state index contributed by atoms with van der Waals surface area (Å²) in [7, 11) is 0. The quantitative estimate of drug-likeness (QED) is 0.810. The number of rotatable bonds is 6. The number of halogens is 2. The Balaban J connectivity index is 0.00000132. The highest BCUT2D eigenvalue weighted by Crippen LogP contribution is 2.32. The van der Waals surface area contributed by atoms with Gasteiger partial charge in [-0.2, -0.15) is 0 Å². The highest BCUT2D eigenvalue weighted by molar-refractivity contribution is 7.13. The van der Waals surface area contributed by atoms with E-state index in [-0.39, 0.29) is 36.8 Å². The lowest BCUT2D eigenvalue weighted by molar-refractivity contribution is -0.121. The van der Waals surface area contributed by atoms with E-state index in [1.807, 2.05) is 24.4 Å². The van der Waals surface area contributed by atoms with Crippen molar-refractivity contribution in [3.05, 3.63) is 29.0 Å². The van der Waals surface area contributed by atoms with E-state index < -0.39 is 0 Å². The van der Waals surface area contributed by atoms with Gasteiger partial charge in [-0.3, -0.25) is 4.79 Å². The Morgan fingerprint density at radius 1 is 1.48 bits per heavy atom. The Morgan fingerprint density at radius 2 is 2.22 bits per heavy atom. The Labute approximate surface area is 151 Å². The highest BCUT2D eigenvalue weighted by atomic mass is 35.5. The molecule has 2 aromatic rings. The van der Waals surface area contributed by atoms with E-state index in [4.69, 9.17) is 10.2 Å². The van der Waals surface area contributed by atoms with Crippen LogP contribution in [0.15, 0.2) is 21.9 Å². The lowest BCUT2D eigenvalue weighted by Gasteiger charge is -2.15. The van der Waals surface area contributed by atoms with Crippen molar-refractivity contribution in [1.82, 2.24) is 10.3 Å². The van der Waals surface area contributed by atoms with Crippen LogP contribution in [0.2, 0.25) is 0 Å². The van der Waals surface area contributed by atoms with Gasteiger partial charge in [-0.05, 0) is 37.8 Å². The van der Waals surface area contributed by atoms with Crippen LogP contribution >= 0.6 is 36.2 Å². The Hall–Kier alpha value is -1.08. The van der Waals surface area contributed by atoms with Crippen molar-refractivity contribution in [2.45, 2.75) is 32.2 Å². The number of nitrogens with zero attached hydrogens (tertiary/aromatic N) is 1. The van der Waals surface area contributed by atoms with Crippen molar-refractivity contribution in [3.8, 4) is 10.8 Å². The maximum absolute atomic E-state index is 12.0. The molecule has 8 heteroatoms. The Morgan fingerprint density at radius 3 is 2.78 bits per heavy atom. The summed E-state index contributed by atoms with van der Waals surface area (Å²) in [5.41, 5.74) is 6.47. The minimum Gasteiger partial charge on any atom is -0.459 e. The monoisotopic (exact) mass is 377 g/mol. The van der Waals surface area contributed by atoms with Gasteiger partial charge in [0.2, 0.25) is 5.91 Å². The smallest absolute Gasteiger partial charge is 0.226 e. The van der Waals surface area contributed by atoms with Gasteiger partial charge in [0, 0.05) is 18.0 Å². The molecule has 2 heterocycles. The molecule has 1 saturated carbocycles. The SMILES string of the molecule is Cc1ccc(-c2nc(CC(=O)NC(CN)C3CC3)cs2)o1.Cl.Cl. The average molecular weight is 378 g/mol. The molecule has 0 radical (unpaired) electrons. The molecule has 2 aromatic heterocycles. The van der Waals surface area contributed by atoms with Gasteiger partial charge in [0.25, 0.3) is 0 Å². The number of nitrogens with one attached hydrogen (secondary N) is 1. The standard InChI is InChI=1S/C15H19N3O2S.2ClH/c1-9-2-5-13(20-9)15-17-11(8-21-15)6-14(19)18-12(7-16)10-3-4-10;;/h2,5,8,10,12H,3-4,6-7,16H2,1H3,(H,18,19);2*1H. The number of hydrogen-bond donors (Lipinski definition) is 2. The summed E-state index contributed by atoms with van der Waals surface area (Å²) in [6, 6.07) is 3.92. The van der Waals surface area contributed by atoms with Crippen LogP contribution in [-0.2, 0) is 11.2 Å². The van der Waals surface area contributed by atoms with E-state index in [2.05, 4.69) is 10.3 Å². The van der Waals surface area contributed by atoms with Crippen LogP contribution in [0.5, 0.6) is 0 Å². The number of carbonyl (C=O) groups excluding carboxylic acids is 1. The summed E-state index contributed by atoms with van der Waals surface area (Å²) < 4.78 is 5.54. The number of amides is 1. The van der Waals surface area contributed by atoms with E-state index in [0.29, 0.717) is 18.9 Å². The van der Waals surface area contributed by atoms with Gasteiger partial charge in [-0.1, -0.05) is 0 Å². The van der Waals surface area contributed by atoms with Gasteiger partial charge in [-0.15, -0.1) is 36.2 Å².